The van der Waals surface area contributed by atoms with Crippen LogP contribution in [-0.2, 0) is 27.2 Å². The maximum Gasteiger partial charge on any atom is 0.230 e. The maximum absolute atomic E-state index is 14.0. The fourth-order valence-electron chi connectivity index (χ4n) is 7.45. The van der Waals surface area contributed by atoms with E-state index in [1.54, 1.807) is 25.1 Å². The average molecular weight is 575 g/mol. The van der Waals surface area contributed by atoms with E-state index in [-0.39, 0.29) is 29.7 Å². The van der Waals surface area contributed by atoms with Gasteiger partial charge in [0.1, 0.15) is 17.4 Å². The van der Waals surface area contributed by atoms with Crippen LogP contribution in [0.2, 0.25) is 0 Å². The lowest BCUT2D eigenvalue weighted by molar-refractivity contribution is -0.184. The van der Waals surface area contributed by atoms with Crippen LogP contribution in [-0.4, -0.2) is 74.6 Å². The highest BCUT2D eigenvalue weighted by Gasteiger charge is 2.67. The molecule has 0 spiro atoms. The summed E-state index contributed by atoms with van der Waals surface area (Å²) in [7, 11) is 3.26. The third kappa shape index (κ3) is 4.47. The fourth-order valence-corrected chi connectivity index (χ4v) is 7.45. The summed E-state index contributed by atoms with van der Waals surface area (Å²) in [6, 6.07) is 10.3. The van der Waals surface area contributed by atoms with Gasteiger partial charge in [-0.2, -0.15) is 0 Å². The Hall–Kier alpha value is -3.79. The molecule has 1 amide bonds. The highest BCUT2D eigenvalue weighted by molar-refractivity contribution is 6.25. The number of amides is 1. The molecule has 5 rings (SSSR count). The van der Waals surface area contributed by atoms with Gasteiger partial charge in [-0.15, -0.1) is 0 Å². The van der Waals surface area contributed by atoms with Gasteiger partial charge in [0.25, 0.3) is 0 Å². The zero-order valence-electron chi connectivity index (χ0n) is 24.1. The number of aromatic hydroxyl groups is 1. The SMILES string of the molecule is C=C(CCC)Cc1cccc(-c2ccc(O)c3c2C[C@@H]2C[C@@H]4C(N(C)C)C(O)C(C(N)=O)C(=O)[C@]4(O)C(=O)C2=C3O)c1. The summed E-state index contributed by atoms with van der Waals surface area (Å²) in [5.74, 6) is -7.54. The van der Waals surface area contributed by atoms with Crippen molar-refractivity contribution in [3.8, 4) is 16.9 Å². The Morgan fingerprint density at radius 2 is 1.88 bits per heavy atom. The smallest absolute Gasteiger partial charge is 0.230 e. The molecule has 2 saturated carbocycles. The molecule has 9 heteroatoms. The zero-order chi connectivity index (χ0) is 30.7. The molecule has 9 nitrogen and oxygen atoms in total. The second-order valence-electron chi connectivity index (χ2n) is 12.2. The number of benzene rings is 2. The molecule has 42 heavy (non-hydrogen) atoms. The Kier molecular flexibility index (Phi) is 7.64. The molecule has 0 saturated heterocycles. The van der Waals surface area contributed by atoms with Crippen LogP contribution in [0, 0.1) is 17.8 Å². The first kappa shape index (κ1) is 29.7. The molecule has 6 atom stereocenters. The van der Waals surface area contributed by atoms with Crippen LogP contribution in [0.5, 0.6) is 5.75 Å². The van der Waals surface area contributed by atoms with E-state index in [1.165, 1.54) is 6.07 Å². The number of primary amides is 1. The van der Waals surface area contributed by atoms with Crippen molar-refractivity contribution >= 4 is 23.2 Å². The van der Waals surface area contributed by atoms with Gasteiger partial charge in [-0.25, -0.2) is 0 Å². The fraction of sp³-hybridized carbons (Fsp3) is 0.424. The topological polar surface area (TPSA) is 161 Å². The van der Waals surface area contributed by atoms with Gasteiger partial charge in [0, 0.05) is 17.5 Å². The van der Waals surface area contributed by atoms with E-state index in [1.807, 2.05) is 18.2 Å². The number of phenolic OH excluding ortho intramolecular Hbond substituents is 1. The minimum Gasteiger partial charge on any atom is -0.507 e. The number of nitrogens with two attached hydrogens (primary N) is 1. The highest BCUT2D eigenvalue weighted by atomic mass is 16.3. The van der Waals surface area contributed by atoms with Gasteiger partial charge in [-0.05, 0) is 74.0 Å². The van der Waals surface area contributed by atoms with Crippen molar-refractivity contribution in [1.82, 2.24) is 4.90 Å². The van der Waals surface area contributed by atoms with Gasteiger partial charge in [0.15, 0.2) is 11.4 Å². The number of rotatable bonds is 7. The summed E-state index contributed by atoms with van der Waals surface area (Å²) in [6.45, 7) is 6.28. The summed E-state index contributed by atoms with van der Waals surface area (Å²) in [5.41, 5.74) is 7.18. The molecule has 2 fully saturated rings. The van der Waals surface area contributed by atoms with Gasteiger partial charge in [-0.1, -0.05) is 55.8 Å². The number of ketones is 2. The van der Waals surface area contributed by atoms with E-state index < -0.39 is 58.7 Å². The molecule has 0 radical (unpaired) electrons. The number of Topliss-reactive ketones (excluding diaryl/α,β-unsaturated/α-hetero) is 2. The number of hydrogen-bond donors (Lipinski definition) is 5. The normalized spacial score (nSPS) is 28.8. The molecule has 0 aromatic heterocycles. The van der Waals surface area contributed by atoms with Crippen LogP contribution in [0.4, 0.5) is 0 Å². The minimum absolute atomic E-state index is 0.0736. The molecule has 0 heterocycles. The van der Waals surface area contributed by atoms with Crippen molar-refractivity contribution in [2.75, 3.05) is 14.1 Å². The lowest BCUT2D eigenvalue weighted by Gasteiger charge is -2.53. The third-order valence-electron chi connectivity index (χ3n) is 9.27. The zero-order valence-corrected chi connectivity index (χ0v) is 24.1. The van der Waals surface area contributed by atoms with Crippen molar-refractivity contribution < 1.29 is 34.8 Å². The standard InChI is InChI=1S/C33H38N2O7/c1-5-7-16(2)12-17-8-6-9-18(13-17)20-10-11-23(36)25-21(20)14-19-15-22-27(35(3)4)29(38)26(32(34)41)31(40)33(22,42)30(39)24(19)28(25)37/h6,8-11,13,19,22,26-27,29,36-38,42H,2,5,7,12,14-15H2,1,3-4H3,(H2,34,41)/t19-,22-,26?,27?,29?,33-/m1/s1. The van der Waals surface area contributed by atoms with E-state index in [2.05, 4.69) is 19.6 Å². The predicted molar refractivity (Wildman–Crippen MR) is 157 cm³/mol. The summed E-state index contributed by atoms with van der Waals surface area (Å²) in [5, 5.41) is 45.2. The number of aliphatic hydroxyl groups excluding tert-OH is 2. The Balaban J connectivity index is 1.63. The molecular weight excluding hydrogens is 536 g/mol. The Bertz CT molecular complexity index is 1530. The van der Waals surface area contributed by atoms with E-state index >= 15 is 0 Å². The number of hydrogen-bond acceptors (Lipinski definition) is 8. The molecule has 0 bridgehead atoms. The third-order valence-corrected chi connectivity index (χ3v) is 9.27. The monoisotopic (exact) mass is 574 g/mol. The van der Waals surface area contributed by atoms with Gasteiger partial charge in [0.2, 0.25) is 11.7 Å². The molecule has 2 aromatic rings. The number of carbonyl (C=O) groups excluding carboxylic acids is 3. The van der Waals surface area contributed by atoms with Crippen LogP contribution < -0.4 is 5.73 Å². The van der Waals surface area contributed by atoms with Crippen molar-refractivity contribution in [2.45, 2.75) is 56.8 Å². The number of likely N-dealkylation sites (N-methyl/N-ethyl adjacent to an activating group) is 1. The molecule has 3 aliphatic carbocycles. The van der Waals surface area contributed by atoms with E-state index in [9.17, 15) is 34.8 Å². The number of phenols is 1. The Labute approximate surface area is 245 Å². The van der Waals surface area contributed by atoms with Crippen LogP contribution in [0.3, 0.4) is 0 Å². The average Bonchev–Trinajstić information content (AvgIpc) is 2.90. The van der Waals surface area contributed by atoms with Gasteiger partial charge < -0.3 is 31.1 Å². The quantitative estimate of drug-likeness (QED) is 0.249. The van der Waals surface area contributed by atoms with Gasteiger partial charge in [0.05, 0.1) is 11.7 Å². The highest BCUT2D eigenvalue weighted by Crippen LogP contribution is 2.53. The van der Waals surface area contributed by atoms with E-state index in [4.69, 9.17) is 5.73 Å². The van der Waals surface area contributed by atoms with Crippen LogP contribution in [0.15, 0.2) is 54.1 Å². The molecular formula is C33H38N2O7. The van der Waals surface area contributed by atoms with Crippen molar-refractivity contribution in [3.63, 3.8) is 0 Å². The number of aliphatic hydroxyl groups is 3. The summed E-state index contributed by atoms with van der Waals surface area (Å²) >= 11 is 0. The van der Waals surface area contributed by atoms with E-state index in [0.717, 1.165) is 41.5 Å². The predicted octanol–water partition coefficient (Wildman–Crippen LogP) is 2.69. The van der Waals surface area contributed by atoms with Gasteiger partial charge >= 0.3 is 0 Å². The maximum atomic E-state index is 14.0. The molecule has 6 N–H and O–H groups in total. The second kappa shape index (κ2) is 10.8. The van der Waals surface area contributed by atoms with Crippen LogP contribution in [0.25, 0.3) is 16.9 Å². The number of carbonyl (C=O) groups is 3. The first-order valence-corrected chi connectivity index (χ1v) is 14.3. The summed E-state index contributed by atoms with van der Waals surface area (Å²) < 4.78 is 0. The number of fused-ring (bicyclic) bond motifs is 3. The molecule has 2 aromatic carbocycles. The number of nitrogens with zero attached hydrogens (tertiary/aromatic N) is 1. The minimum atomic E-state index is -2.67. The lowest BCUT2D eigenvalue weighted by Crippen LogP contribution is -2.73. The molecule has 3 aliphatic rings. The molecule has 222 valence electrons. The van der Waals surface area contributed by atoms with Crippen LogP contribution in [0.1, 0.15) is 42.9 Å². The van der Waals surface area contributed by atoms with Crippen molar-refractivity contribution in [3.05, 3.63) is 70.8 Å². The first-order chi connectivity index (χ1) is 19.8. The number of allylic oxidation sites excluding steroid dienone is 1. The summed E-state index contributed by atoms with van der Waals surface area (Å²) in [4.78, 5) is 41.3. The Morgan fingerprint density at radius 1 is 1.17 bits per heavy atom. The second-order valence-corrected chi connectivity index (χ2v) is 12.2. The molecule has 3 unspecified atom stereocenters. The van der Waals surface area contributed by atoms with Crippen molar-refractivity contribution in [2.24, 2.45) is 23.5 Å². The Morgan fingerprint density at radius 3 is 2.52 bits per heavy atom. The lowest BCUT2D eigenvalue weighted by atomic mass is 9.54. The first-order valence-electron chi connectivity index (χ1n) is 14.3. The van der Waals surface area contributed by atoms with E-state index in [0.29, 0.717) is 5.56 Å². The molecule has 0 aliphatic heterocycles. The van der Waals surface area contributed by atoms with Gasteiger partial charge in [-0.3, -0.25) is 14.4 Å². The largest absolute Gasteiger partial charge is 0.507 e. The summed E-state index contributed by atoms with van der Waals surface area (Å²) in [6.07, 6.45) is 1.45. The van der Waals surface area contributed by atoms with Crippen LogP contribution >= 0.6 is 0 Å². The van der Waals surface area contributed by atoms with Crippen molar-refractivity contribution in [1.29, 1.82) is 0 Å².